The van der Waals surface area contributed by atoms with Crippen molar-refractivity contribution in [1.29, 1.82) is 0 Å². The second kappa shape index (κ2) is 7.13. The number of aromatic nitrogens is 2. The predicted octanol–water partition coefficient (Wildman–Crippen LogP) is 3.19. The standard InChI is InChI=1S/C20H19N5O2/c21-17-7-5-14(6-8-17)20-22-11-16-13-24(10-9-18(16)23-20)12-15-3-1-2-4-19(15)25(26)27/h1-8,11H,9-10,12-13,21H2. The van der Waals surface area contributed by atoms with E-state index >= 15 is 0 Å². The number of benzene rings is 2. The van der Waals surface area contributed by atoms with E-state index in [2.05, 4.69) is 9.88 Å². The number of fused-ring (bicyclic) bond motifs is 1. The van der Waals surface area contributed by atoms with Crippen molar-refractivity contribution >= 4 is 11.4 Å². The van der Waals surface area contributed by atoms with Crippen LogP contribution in [0, 0.1) is 10.1 Å². The fraction of sp³-hybridized carbons (Fsp3) is 0.200. The van der Waals surface area contributed by atoms with E-state index < -0.39 is 0 Å². The zero-order valence-electron chi connectivity index (χ0n) is 14.7. The van der Waals surface area contributed by atoms with Crippen molar-refractivity contribution in [3.05, 3.63) is 81.7 Å². The molecule has 1 aromatic heterocycles. The van der Waals surface area contributed by atoms with Crippen LogP contribution in [0.3, 0.4) is 0 Å². The quantitative estimate of drug-likeness (QED) is 0.435. The highest BCUT2D eigenvalue weighted by Crippen LogP contribution is 2.25. The number of hydrogen-bond acceptors (Lipinski definition) is 6. The first-order valence-corrected chi connectivity index (χ1v) is 8.75. The minimum absolute atomic E-state index is 0.165. The topological polar surface area (TPSA) is 98.2 Å². The van der Waals surface area contributed by atoms with E-state index in [9.17, 15) is 10.1 Å². The zero-order chi connectivity index (χ0) is 18.8. The molecule has 1 aliphatic rings. The Morgan fingerprint density at radius 1 is 1.15 bits per heavy atom. The smallest absolute Gasteiger partial charge is 0.273 e. The van der Waals surface area contributed by atoms with E-state index in [-0.39, 0.29) is 10.6 Å². The molecule has 0 amide bonds. The number of nitro groups is 1. The number of nitrogens with zero attached hydrogens (tertiary/aromatic N) is 4. The van der Waals surface area contributed by atoms with Crippen LogP contribution in [-0.2, 0) is 19.5 Å². The molecule has 136 valence electrons. The molecule has 3 aromatic rings. The summed E-state index contributed by atoms with van der Waals surface area (Å²) >= 11 is 0. The van der Waals surface area contributed by atoms with Gasteiger partial charge in [0.25, 0.3) is 5.69 Å². The molecule has 0 bridgehead atoms. The first-order chi connectivity index (χ1) is 13.1. The number of hydrogen-bond donors (Lipinski definition) is 1. The van der Waals surface area contributed by atoms with E-state index in [4.69, 9.17) is 10.7 Å². The van der Waals surface area contributed by atoms with E-state index in [0.717, 1.165) is 35.3 Å². The summed E-state index contributed by atoms with van der Waals surface area (Å²) in [5, 5.41) is 11.2. The first kappa shape index (κ1) is 17.1. The summed E-state index contributed by atoms with van der Waals surface area (Å²) in [4.78, 5) is 22.3. The summed E-state index contributed by atoms with van der Waals surface area (Å²) in [6.07, 6.45) is 2.65. The maximum atomic E-state index is 11.2. The molecule has 2 aromatic carbocycles. The van der Waals surface area contributed by atoms with E-state index in [1.54, 1.807) is 12.1 Å². The summed E-state index contributed by atoms with van der Waals surface area (Å²) < 4.78 is 0. The average Bonchev–Trinajstić information content (AvgIpc) is 2.68. The van der Waals surface area contributed by atoms with Crippen molar-refractivity contribution in [2.45, 2.75) is 19.5 Å². The molecule has 27 heavy (non-hydrogen) atoms. The minimum atomic E-state index is -0.324. The molecule has 7 nitrogen and oxygen atoms in total. The third kappa shape index (κ3) is 3.63. The Balaban J connectivity index is 1.53. The number of para-hydroxylation sites is 1. The Bertz CT molecular complexity index is 988. The van der Waals surface area contributed by atoms with Crippen molar-refractivity contribution in [3.63, 3.8) is 0 Å². The molecule has 2 heterocycles. The van der Waals surface area contributed by atoms with Crippen LogP contribution < -0.4 is 5.73 Å². The summed E-state index contributed by atoms with van der Waals surface area (Å²) in [5.74, 6) is 0.695. The van der Waals surface area contributed by atoms with Gasteiger partial charge >= 0.3 is 0 Å². The maximum Gasteiger partial charge on any atom is 0.273 e. The molecule has 0 spiro atoms. The van der Waals surface area contributed by atoms with Crippen molar-refractivity contribution < 1.29 is 4.92 Å². The average molecular weight is 361 g/mol. The molecule has 0 saturated heterocycles. The minimum Gasteiger partial charge on any atom is -0.399 e. The lowest BCUT2D eigenvalue weighted by molar-refractivity contribution is -0.385. The molecule has 1 aliphatic heterocycles. The summed E-state index contributed by atoms with van der Waals surface area (Å²) in [5.41, 5.74) is 10.4. The number of rotatable bonds is 4. The predicted molar refractivity (Wildman–Crippen MR) is 103 cm³/mol. The molecular formula is C20H19N5O2. The van der Waals surface area contributed by atoms with Gasteiger partial charge in [-0.1, -0.05) is 18.2 Å². The Hall–Kier alpha value is -3.32. The third-order valence-corrected chi connectivity index (χ3v) is 4.76. The zero-order valence-corrected chi connectivity index (χ0v) is 14.7. The van der Waals surface area contributed by atoms with Crippen LogP contribution in [0.5, 0.6) is 0 Å². The molecule has 0 aliphatic carbocycles. The van der Waals surface area contributed by atoms with Crippen molar-refractivity contribution in [1.82, 2.24) is 14.9 Å². The fourth-order valence-corrected chi connectivity index (χ4v) is 3.34. The van der Waals surface area contributed by atoms with Gasteiger partial charge in [-0.15, -0.1) is 0 Å². The molecule has 4 rings (SSSR count). The summed E-state index contributed by atoms with van der Waals surface area (Å²) in [6, 6.07) is 14.4. The molecule has 0 saturated carbocycles. The van der Waals surface area contributed by atoms with Crippen LogP contribution in [0.2, 0.25) is 0 Å². The largest absolute Gasteiger partial charge is 0.399 e. The normalized spacial score (nSPS) is 13.9. The van der Waals surface area contributed by atoms with Gasteiger partial charge in [0.1, 0.15) is 0 Å². The van der Waals surface area contributed by atoms with E-state index in [1.807, 2.05) is 42.6 Å². The Labute approximate surface area is 156 Å². The summed E-state index contributed by atoms with van der Waals surface area (Å²) in [6.45, 7) is 2.02. The summed E-state index contributed by atoms with van der Waals surface area (Å²) in [7, 11) is 0. The van der Waals surface area contributed by atoms with Crippen LogP contribution in [0.4, 0.5) is 11.4 Å². The highest BCUT2D eigenvalue weighted by Gasteiger charge is 2.21. The first-order valence-electron chi connectivity index (χ1n) is 8.75. The van der Waals surface area contributed by atoms with Gasteiger partial charge in [0.2, 0.25) is 0 Å². The molecule has 0 fully saturated rings. The van der Waals surface area contributed by atoms with Gasteiger partial charge in [-0.25, -0.2) is 9.97 Å². The van der Waals surface area contributed by atoms with Gasteiger partial charge in [-0.3, -0.25) is 15.0 Å². The molecule has 0 unspecified atom stereocenters. The Morgan fingerprint density at radius 2 is 1.93 bits per heavy atom. The van der Waals surface area contributed by atoms with Gasteiger partial charge in [0.15, 0.2) is 5.82 Å². The molecular weight excluding hydrogens is 342 g/mol. The van der Waals surface area contributed by atoms with E-state index in [0.29, 0.717) is 24.6 Å². The van der Waals surface area contributed by atoms with Crippen LogP contribution in [0.15, 0.2) is 54.7 Å². The van der Waals surface area contributed by atoms with Crippen LogP contribution >= 0.6 is 0 Å². The lowest BCUT2D eigenvalue weighted by Crippen LogP contribution is -2.31. The monoisotopic (exact) mass is 361 g/mol. The third-order valence-electron chi connectivity index (χ3n) is 4.76. The highest BCUT2D eigenvalue weighted by atomic mass is 16.6. The van der Waals surface area contributed by atoms with Crippen molar-refractivity contribution in [3.8, 4) is 11.4 Å². The second-order valence-electron chi connectivity index (χ2n) is 6.63. The number of anilines is 1. The van der Waals surface area contributed by atoms with Crippen LogP contribution in [0.25, 0.3) is 11.4 Å². The van der Waals surface area contributed by atoms with Crippen LogP contribution in [-0.4, -0.2) is 26.3 Å². The lowest BCUT2D eigenvalue weighted by Gasteiger charge is -2.28. The molecule has 0 atom stereocenters. The van der Waals surface area contributed by atoms with Crippen molar-refractivity contribution in [2.75, 3.05) is 12.3 Å². The van der Waals surface area contributed by atoms with Gasteiger partial charge < -0.3 is 5.73 Å². The molecule has 2 N–H and O–H groups in total. The van der Waals surface area contributed by atoms with Gasteiger partial charge in [-0.2, -0.15) is 0 Å². The number of nitro benzene ring substituents is 1. The number of nitrogens with two attached hydrogens (primary N) is 1. The lowest BCUT2D eigenvalue weighted by atomic mass is 10.1. The highest BCUT2D eigenvalue weighted by molar-refractivity contribution is 5.58. The second-order valence-corrected chi connectivity index (χ2v) is 6.63. The maximum absolute atomic E-state index is 11.2. The van der Waals surface area contributed by atoms with E-state index in [1.165, 1.54) is 0 Å². The molecule has 0 radical (unpaired) electrons. The van der Waals surface area contributed by atoms with Crippen LogP contribution in [0.1, 0.15) is 16.8 Å². The number of nitrogen functional groups attached to an aromatic ring is 1. The Morgan fingerprint density at radius 3 is 2.70 bits per heavy atom. The Kier molecular flexibility index (Phi) is 4.52. The van der Waals surface area contributed by atoms with Gasteiger partial charge in [0.05, 0.1) is 10.6 Å². The fourth-order valence-electron chi connectivity index (χ4n) is 3.34. The molecule has 7 heteroatoms. The van der Waals surface area contributed by atoms with Gasteiger partial charge in [-0.05, 0) is 24.3 Å². The SMILES string of the molecule is Nc1ccc(-c2ncc3c(n2)CCN(Cc2ccccc2[N+](=O)[O-])C3)cc1. The van der Waals surface area contributed by atoms with Crippen molar-refractivity contribution in [2.24, 2.45) is 0 Å². The van der Waals surface area contributed by atoms with Gasteiger partial charge in [0, 0.05) is 60.7 Å².